The molecule has 4 nitrogen and oxygen atoms in total. The molecule has 0 N–H and O–H groups in total. The maximum atomic E-state index is 6.77. The molecule has 162 valence electrons. The van der Waals surface area contributed by atoms with E-state index in [9.17, 15) is 0 Å². The number of anilines is 1. The van der Waals surface area contributed by atoms with Gasteiger partial charge in [-0.25, -0.2) is 9.67 Å². The van der Waals surface area contributed by atoms with E-state index >= 15 is 0 Å². The molecule has 0 unspecified atom stereocenters. The van der Waals surface area contributed by atoms with Crippen LogP contribution in [0.2, 0.25) is 15.1 Å². The zero-order valence-corrected chi connectivity index (χ0v) is 19.8. The SMILES string of the molecule is Cc1nn(-c2ccc(Cl)cc2)c2c1[C@H](c1ccc(Cl)cc1Cl)N1C(=N2)C=Cc2ccccc21. The molecule has 6 rings (SSSR count). The lowest BCUT2D eigenvalue weighted by Gasteiger charge is -2.39. The van der Waals surface area contributed by atoms with Crippen LogP contribution in [0.15, 0.2) is 77.8 Å². The predicted molar refractivity (Wildman–Crippen MR) is 137 cm³/mol. The topological polar surface area (TPSA) is 33.4 Å². The van der Waals surface area contributed by atoms with Gasteiger partial charge in [0.15, 0.2) is 5.82 Å². The van der Waals surface area contributed by atoms with Gasteiger partial charge in [-0.15, -0.1) is 0 Å². The van der Waals surface area contributed by atoms with Crippen LogP contribution in [0, 0.1) is 6.92 Å². The van der Waals surface area contributed by atoms with Crippen molar-refractivity contribution >= 4 is 58.2 Å². The van der Waals surface area contributed by atoms with Crippen molar-refractivity contribution in [3.05, 3.63) is 110 Å². The lowest BCUT2D eigenvalue weighted by Crippen LogP contribution is -2.39. The standard InChI is InChI=1S/C26H17Cl3N4/c1-15-24-25(20-12-9-18(28)14-21(20)29)32-22-5-3-2-4-16(22)6-13-23(32)30-26(24)33(31-15)19-10-7-17(27)8-11-19/h2-14,25H,1H3/t25-/m0/s1. The molecule has 0 amide bonds. The molecule has 4 aromatic rings. The highest BCUT2D eigenvalue weighted by atomic mass is 35.5. The van der Waals surface area contributed by atoms with E-state index in [-0.39, 0.29) is 6.04 Å². The molecule has 0 saturated heterocycles. The molecule has 0 radical (unpaired) electrons. The number of rotatable bonds is 2. The Bertz CT molecular complexity index is 1470. The van der Waals surface area contributed by atoms with E-state index in [0.29, 0.717) is 15.1 Å². The monoisotopic (exact) mass is 490 g/mol. The van der Waals surface area contributed by atoms with Crippen molar-refractivity contribution < 1.29 is 0 Å². The highest BCUT2D eigenvalue weighted by Gasteiger charge is 2.38. The van der Waals surface area contributed by atoms with Crippen LogP contribution in [0.3, 0.4) is 0 Å². The maximum absolute atomic E-state index is 6.77. The fraction of sp³-hybridized carbons (Fsp3) is 0.0769. The number of hydrogen-bond donors (Lipinski definition) is 0. The van der Waals surface area contributed by atoms with Gasteiger partial charge in [0.2, 0.25) is 0 Å². The zero-order valence-electron chi connectivity index (χ0n) is 17.5. The van der Waals surface area contributed by atoms with E-state index in [4.69, 9.17) is 44.9 Å². The van der Waals surface area contributed by atoms with Gasteiger partial charge in [-0.2, -0.15) is 5.10 Å². The number of nitrogens with zero attached hydrogens (tertiary/aromatic N) is 4. The fourth-order valence-electron chi connectivity index (χ4n) is 4.55. The van der Waals surface area contributed by atoms with E-state index in [2.05, 4.69) is 23.1 Å². The summed E-state index contributed by atoms with van der Waals surface area (Å²) in [5, 5.41) is 6.75. The van der Waals surface area contributed by atoms with E-state index in [0.717, 1.165) is 45.4 Å². The number of amidine groups is 1. The van der Waals surface area contributed by atoms with Crippen LogP contribution in [-0.2, 0) is 0 Å². The van der Waals surface area contributed by atoms with Crippen LogP contribution in [0.1, 0.15) is 28.4 Å². The Morgan fingerprint density at radius 3 is 2.39 bits per heavy atom. The predicted octanol–water partition coefficient (Wildman–Crippen LogP) is 7.81. The molecule has 0 fully saturated rings. The summed E-state index contributed by atoms with van der Waals surface area (Å²) < 4.78 is 1.87. The lowest BCUT2D eigenvalue weighted by molar-refractivity contribution is 0.814. The van der Waals surface area contributed by atoms with Crippen molar-refractivity contribution in [2.45, 2.75) is 13.0 Å². The molecule has 1 aromatic heterocycles. The Labute approximate surface area is 206 Å². The van der Waals surface area contributed by atoms with Crippen molar-refractivity contribution in [2.75, 3.05) is 4.90 Å². The third kappa shape index (κ3) is 3.29. The van der Waals surface area contributed by atoms with Crippen LogP contribution >= 0.6 is 34.8 Å². The van der Waals surface area contributed by atoms with Crippen molar-refractivity contribution in [1.82, 2.24) is 9.78 Å². The fourth-order valence-corrected chi connectivity index (χ4v) is 5.19. The molecule has 2 aliphatic rings. The third-order valence-corrected chi connectivity index (χ3v) is 6.83. The molecular weight excluding hydrogens is 475 g/mol. The maximum Gasteiger partial charge on any atom is 0.163 e. The van der Waals surface area contributed by atoms with Crippen LogP contribution in [0.4, 0.5) is 11.5 Å². The molecule has 0 aliphatic carbocycles. The first-order chi connectivity index (χ1) is 16.0. The summed E-state index contributed by atoms with van der Waals surface area (Å²) in [6.45, 7) is 2.01. The number of aryl methyl sites for hydroxylation is 1. The van der Waals surface area contributed by atoms with Crippen LogP contribution in [-0.4, -0.2) is 15.6 Å². The summed E-state index contributed by atoms with van der Waals surface area (Å²) in [4.78, 5) is 7.29. The highest BCUT2D eigenvalue weighted by Crippen LogP contribution is 2.48. The number of benzene rings is 3. The van der Waals surface area contributed by atoms with Gasteiger partial charge in [-0.1, -0.05) is 59.1 Å². The molecule has 2 aliphatic heterocycles. The number of hydrogen-bond acceptors (Lipinski definition) is 3. The Balaban J connectivity index is 1.65. The highest BCUT2D eigenvalue weighted by molar-refractivity contribution is 6.35. The molecule has 7 heteroatoms. The number of halogens is 3. The number of fused-ring (bicyclic) bond motifs is 4. The minimum atomic E-state index is -0.218. The van der Waals surface area contributed by atoms with Gasteiger partial charge in [-0.3, -0.25) is 0 Å². The van der Waals surface area contributed by atoms with Crippen molar-refractivity contribution in [3.8, 4) is 5.69 Å². The van der Waals surface area contributed by atoms with Gasteiger partial charge < -0.3 is 4.90 Å². The molecule has 0 spiro atoms. The minimum Gasteiger partial charge on any atom is -0.314 e. The van der Waals surface area contributed by atoms with Crippen LogP contribution < -0.4 is 4.90 Å². The van der Waals surface area contributed by atoms with E-state index in [1.54, 1.807) is 6.07 Å². The summed E-state index contributed by atoms with van der Waals surface area (Å²) in [7, 11) is 0. The number of para-hydroxylation sites is 1. The van der Waals surface area contributed by atoms with Gasteiger partial charge in [0.05, 0.1) is 23.1 Å². The van der Waals surface area contributed by atoms with E-state index in [1.807, 2.05) is 66.2 Å². The molecule has 1 atom stereocenters. The summed E-state index contributed by atoms with van der Waals surface area (Å²) in [6, 6.07) is 21.3. The zero-order chi connectivity index (χ0) is 22.7. The van der Waals surface area contributed by atoms with Crippen molar-refractivity contribution in [3.63, 3.8) is 0 Å². The summed E-state index contributed by atoms with van der Waals surface area (Å²) in [6.07, 6.45) is 4.13. The molecular formula is C26H17Cl3N4. The molecule has 33 heavy (non-hydrogen) atoms. The second kappa shape index (κ2) is 7.77. The first kappa shape index (κ1) is 20.5. The Hall–Kier alpha value is -3.05. The first-order valence-corrected chi connectivity index (χ1v) is 11.6. The van der Waals surface area contributed by atoms with Gasteiger partial charge in [0.25, 0.3) is 0 Å². The van der Waals surface area contributed by atoms with Gasteiger partial charge in [0, 0.05) is 20.6 Å². The lowest BCUT2D eigenvalue weighted by atomic mass is 9.92. The Kier molecular flexibility index (Phi) is 4.84. The first-order valence-electron chi connectivity index (χ1n) is 10.5. The average molecular weight is 492 g/mol. The van der Waals surface area contributed by atoms with Gasteiger partial charge in [-0.05, 0) is 72.7 Å². The van der Waals surface area contributed by atoms with Crippen LogP contribution in [0.5, 0.6) is 0 Å². The van der Waals surface area contributed by atoms with Crippen LogP contribution in [0.25, 0.3) is 11.8 Å². The summed E-state index contributed by atoms with van der Waals surface area (Å²) in [5.74, 6) is 1.61. The molecule has 0 saturated carbocycles. The van der Waals surface area contributed by atoms with Gasteiger partial charge in [0.1, 0.15) is 5.84 Å². The van der Waals surface area contributed by atoms with Crippen molar-refractivity contribution in [2.24, 2.45) is 4.99 Å². The molecule has 3 heterocycles. The average Bonchev–Trinajstić information content (AvgIpc) is 3.14. The smallest absolute Gasteiger partial charge is 0.163 e. The minimum absolute atomic E-state index is 0.218. The second-order valence-electron chi connectivity index (χ2n) is 8.01. The van der Waals surface area contributed by atoms with E-state index < -0.39 is 0 Å². The van der Waals surface area contributed by atoms with Crippen molar-refractivity contribution in [1.29, 1.82) is 0 Å². The summed E-state index contributed by atoms with van der Waals surface area (Å²) >= 11 is 19.1. The summed E-state index contributed by atoms with van der Waals surface area (Å²) in [5.41, 5.74) is 5.91. The van der Waals surface area contributed by atoms with Gasteiger partial charge >= 0.3 is 0 Å². The largest absolute Gasteiger partial charge is 0.314 e. The molecule has 3 aromatic carbocycles. The second-order valence-corrected chi connectivity index (χ2v) is 9.29. The number of aliphatic imine (C=N–C) groups is 1. The Morgan fingerprint density at radius 2 is 1.61 bits per heavy atom. The quantitative estimate of drug-likeness (QED) is 0.286. The molecule has 0 bridgehead atoms. The Morgan fingerprint density at radius 1 is 0.848 bits per heavy atom. The number of aromatic nitrogens is 2. The normalized spacial score (nSPS) is 16.2. The van der Waals surface area contributed by atoms with E-state index in [1.165, 1.54) is 0 Å². The third-order valence-electron chi connectivity index (χ3n) is 6.02.